The highest BCUT2D eigenvalue weighted by Crippen LogP contribution is 2.24. The van der Waals surface area contributed by atoms with Crippen LogP contribution in [0.3, 0.4) is 0 Å². The summed E-state index contributed by atoms with van der Waals surface area (Å²) in [6.07, 6.45) is -0.881. The zero-order valence-electron chi connectivity index (χ0n) is 11.0. The third-order valence-corrected chi connectivity index (χ3v) is 3.62. The SMILES string of the molecule is O=C(N1CCc2cc3nccnc3cc2CC1)C(F)(F)F. The number of rotatable bonds is 0. The Morgan fingerprint density at radius 3 is 1.90 bits per heavy atom. The van der Waals surface area contributed by atoms with Gasteiger partial charge in [0, 0.05) is 25.5 Å². The van der Waals surface area contributed by atoms with Crippen molar-refractivity contribution < 1.29 is 18.0 Å². The molecule has 0 radical (unpaired) electrons. The highest BCUT2D eigenvalue weighted by atomic mass is 19.4. The first-order valence-electron chi connectivity index (χ1n) is 6.54. The molecule has 1 aliphatic rings. The number of alkyl halides is 3. The number of hydrogen-bond donors (Lipinski definition) is 0. The third-order valence-electron chi connectivity index (χ3n) is 3.62. The van der Waals surface area contributed by atoms with Crippen molar-refractivity contribution >= 4 is 16.9 Å². The number of benzene rings is 1. The predicted molar refractivity (Wildman–Crippen MR) is 69.6 cm³/mol. The smallest absolute Gasteiger partial charge is 0.334 e. The van der Waals surface area contributed by atoms with Gasteiger partial charge in [-0.2, -0.15) is 13.2 Å². The highest BCUT2D eigenvalue weighted by Gasteiger charge is 2.42. The van der Waals surface area contributed by atoms with Crippen molar-refractivity contribution in [3.8, 4) is 0 Å². The Bertz CT molecular complexity index is 653. The van der Waals surface area contributed by atoms with Crippen LogP contribution in [-0.4, -0.2) is 40.0 Å². The van der Waals surface area contributed by atoms with E-state index in [0.717, 1.165) is 16.0 Å². The number of hydrogen-bond acceptors (Lipinski definition) is 3. The Kier molecular flexibility index (Phi) is 3.27. The van der Waals surface area contributed by atoms with E-state index < -0.39 is 12.1 Å². The van der Waals surface area contributed by atoms with E-state index in [-0.39, 0.29) is 13.1 Å². The molecule has 0 unspecified atom stereocenters. The van der Waals surface area contributed by atoms with E-state index in [0.29, 0.717) is 23.9 Å². The molecule has 110 valence electrons. The third kappa shape index (κ3) is 2.68. The Hall–Kier alpha value is -2.18. The molecule has 0 N–H and O–H groups in total. The van der Waals surface area contributed by atoms with E-state index in [1.165, 1.54) is 0 Å². The van der Waals surface area contributed by atoms with E-state index in [2.05, 4.69) is 9.97 Å². The minimum absolute atomic E-state index is 0.0666. The maximum absolute atomic E-state index is 12.5. The number of halogens is 3. The van der Waals surface area contributed by atoms with Gasteiger partial charge in [-0.15, -0.1) is 0 Å². The van der Waals surface area contributed by atoms with Crippen LogP contribution in [0.15, 0.2) is 24.5 Å². The van der Waals surface area contributed by atoms with Gasteiger partial charge in [-0.25, -0.2) is 0 Å². The molecule has 7 heteroatoms. The summed E-state index contributed by atoms with van der Waals surface area (Å²) in [5, 5.41) is 0. The molecule has 0 spiro atoms. The van der Waals surface area contributed by atoms with Gasteiger partial charge >= 0.3 is 12.1 Å². The fourth-order valence-electron chi connectivity index (χ4n) is 2.57. The number of fused-ring (bicyclic) bond motifs is 2. The summed E-state index contributed by atoms with van der Waals surface area (Å²) in [5.74, 6) is -1.77. The molecule has 1 amide bonds. The van der Waals surface area contributed by atoms with E-state index in [1.54, 1.807) is 12.4 Å². The second-order valence-corrected chi connectivity index (χ2v) is 4.96. The number of amides is 1. The maximum Gasteiger partial charge on any atom is 0.471 e. The summed E-state index contributed by atoms with van der Waals surface area (Å²) < 4.78 is 37.5. The summed E-state index contributed by atoms with van der Waals surface area (Å²) in [6, 6.07) is 3.69. The van der Waals surface area contributed by atoms with Crippen LogP contribution < -0.4 is 0 Å². The second-order valence-electron chi connectivity index (χ2n) is 4.96. The lowest BCUT2D eigenvalue weighted by atomic mass is 10.0. The van der Waals surface area contributed by atoms with Gasteiger partial charge in [-0.3, -0.25) is 14.8 Å². The fraction of sp³-hybridized carbons (Fsp3) is 0.357. The molecule has 1 aromatic heterocycles. The van der Waals surface area contributed by atoms with E-state index >= 15 is 0 Å². The maximum atomic E-state index is 12.5. The van der Waals surface area contributed by atoms with Crippen molar-refractivity contribution in [1.82, 2.24) is 14.9 Å². The van der Waals surface area contributed by atoms with Crippen LogP contribution in [0.1, 0.15) is 11.1 Å². The Morgan fingerprint density at radius 2 is 1.48 bits per heavy atom. The number of carbonyl (C=O) groups excluding carboxylic acids is 1. The van der Waals surface area contributed by atoms with Gasteiger partial charge in [-0.1, -0.05) is 0 Å². The molecular formula is C14H12F3N3O. The van der Waals surface area contributed by atoms with E-state index in [1.807, 2.05) is 12.1 Å². The summed E-state index contributed by atoms with van der Waals surface area (Å²) in [6.45, 7) is 0.133. The van der Waals surface area contributed by atoms with Gasteiger partial charge in [0.25, 0.3) is 0 Å². The average molecular weight is 295 g/mol. The van der Waals surface area contributed by atoms with Crippen LogP contribution in [0.25, 0.3) is 11.0 Å². The lowest BCUT2D eigenvalue weighted by Gasteiger charge is -2.21. The number of aromatic nitrogens is 2. The normalized spacial score (nSPS) is 15.7. The molecule has 0 saturated carbocycles. The topological polar surface area (TPSA) is 46.1 Å². The second kappa shape index (κ2) is 4.98. The van der Waals surface area contributed by atoms with Crippen LogP contribution in [0.2, 0.25) is 0 Å². The highest BCUT2D eigenvalue weighted by molar-refractivity contribution is 5.82. The van der Waals surface area contributed by atoms with Gasteiger partial charge in [0.15, 0.2) is 0 Å². The zero-order valence-corrected chi connectivity index (χ0v) is 11.0. The average Bonchev–Trinajstić information content (AvgIpc) is 2.65. The first kappa shape index (κ1) is 13.8. The van der Waals surface area contributed by atoms with Crippen molar-refractivity contribution in [3.05, 3.63) is 35.7 Å². The molecule has 1 aliphatic heterocycles. The lowest BCUT2D eigenvalue weighted by Crippen LogP contribution is -2.42. The summed E-state index contributed by atoms with van der Waals surface area (Å²) in [4.78, 5) is 20.6. The number of nitrogens with zero attached hydrogens (tertiary/aromatic N) is 3. The molecule has 4 nitrogen and oxygen atoms in total. The van der Waals surface area contributed by atoms with Crippen molar-refractivity contribution in [2.45, 2.75) is 19.0 Å². The zero-order chi connectivity index (χ0) is 15.0. The van der Waals surface area contributed by atoms with Crippen molar-refractivity contribution in [3.63, 3.8) is 0 Å². The lowest BCUT2D eigenvalue weighted by molar-refractivity contribution is -0.185. The van der Waals surface area contributed by atoms with Gasteiger partial charge in [0.1, 0.15) is 0 Å². The van der Waals surface area contributed by atoms with E-state index in [9.17, 15) is 18.0 Å². The van der Waals surface area contributed by atoms with Crippen molar-refractivity contribution in [2.24, 2.45) is 0 Å². The molecule has 0 fully saturated rings. The largest absolute Gasteiger partial charge is 0.471 e. The quantitative estimate of drug-likeness (QED) is 0.748. The van der Waals surface area contributed by atoms with Crippen LogP contribution in [0.4, 0.5) is 13.2 Å². The van der Waals surface area contributed by atoms with Crippen LogP contribution in [-0.2, 0) is 17.6 Å². The molecule has 0 saturated heterocycles. The molecule has 3 rings (SSSR count). The molecule has 0 aliphatic carbocycles. The predicted octanol–water partition coefficient (Wildman–Crippen LogP) is 2.12. The molecular weight excluding hydrogens is 283 g/mol. The molecule has 0 atom stereocenters. The monoisotopic (exact) mass is 295 g/mol. The standard InChI is InChI=1S/C14H12F3N3O/c15-14(16,17)13(21)20-5-1-9-7-11-12(19-4-3-18-11)8-10(9)2-6-20/h3-4,7-8H,1-2,5-6H2. The molecule has 0 bridgehead atoms. The molecule has 2 heterocycles. The summed E-state index contributed by atoms with van der Waals surface area (Å²) >= 11 is 0. The van der Waals surface area contributed by atoms with Crippen LogP contribution >= 0.6 is 0 Å². The van der Waals surface area contributed by atoms with Gasteiger partial charge in [0.05, 0.1) is 11.0 Å². The molecule has 21 heavy (non-hydrogen) atoms. The first-order chi connectivity index (χ1) is 9.95. The minimum atomic E-state index is -4.82. The van der Waals surface area contributed by atoms with Crippen molar-refractivity contribution in [1.29, 1.82) is 0 Å². The Morgan fingerprint density at radius 1 is 1.00 bits per heavy atom. The van der Waals surface area contributed by atoms with Crippen molar-refractivity contribution in [2.75, 3.05) is 13.1 Å². The van der Waals surface area contributed by atoms with Gasteiger partial charge in [-0.05, 0) is 36.1 Å². The van der Waals surface area contributed by atoms with E-state index in [4.69, 9.17) is 0 Å². The Labute approximate surface area is 118 Å². The summed E-state index contributed by atoms with van der Waals surface area (Å²) in [5.41, 5.74) is 3.29. The van der Waals surface area contributed by atoms with Gasteiger partial charge < -0.3 is 4.90 Å². The Balaban J connectivity index is 1.89. The molecule has 1 aromatic carbocycles. The van der Waals surface area contributed by atoms with Gasteiger partial charge in [0.2, 0.25) is 0 Å². The van der Waals surface area contributed by atoms with Crippen LogP contribution in [0, 0.1) is 0 Å². The summed E-state index contributed by atoms with van der Waals surface area (Å²) in [7, 11) is 0. The fourth-order valence-corrected chi connectivity index (χ4v) is 2.57. The van der Waals surface area contributed by atoms with Crippen LogP contribution in [0.5, 0.6) is 0 Å². The molecule has 2 aromatic rings. The number of carbonyl (C=O) groups is 1. The minimum Gasteiger partial charge on any atom is -0.334 e. The first-order valence-corrected chi connectivity index (χ1v) is 6.54.